The van der Waals surface area contributed by atoms with Gasteiger partial charge in [0, 0.05) is 18.1 Å². The standard InChI is InChI=1S/C14H21NO2S/c1-2-16-11-17-12-7-3-4-8-13(12)18-14-9-5-6-10-15-14/h5-6,9-10,12-13H,2-4,7-8,11H2,1H3. The fraction of sp³-hybridized carbons (Fsp3) is 0.643. The summed E-state index contributed by atoms with van der Waals surface area (Å²) in [5.74, 6) is 0. The van der Waals surface area contributed by atoms with Gasteiger partial charge >= 0.3 is 0 Å². The molecule has 2 unspecified atom stereocenters. The third kappa shape index (κ3) is 4.26. The van der Waals surface area contributed by atoms with Crippen LogP contribution >= 0.6 is 11.8 Å². The minimum absolute atomic E-state index is 0.303. The second kappa shape index (κ2) is 7.77. The van der Waals surface area contributed by atoms with E-state index in [1.165, 1.54) is 19.3 Å². The van der Waals surface area contributed by atoms with Crippen molar-refractivity contribution >= 4 is 11.8 Å². The Morgan fingerprint density at radius 1 is 1.33 bits per heavy atom. The lowest BCUT2D eigenvalue weighted by atomic mass is 9.97. The van der Waals surface area contributed by atoms with E-state index >= 15 is 0 Å². The molecule has 0 N–H and O–H groups in total. The summed E-state index contributed by atoms with van der Waals surface area (Å²) in [6, 6.07) is 6.06. The molecule has 0 saturated heterocycles. The van der Waals surface area contributed by atoms with Crippen molar-refractivity contribution in [2.24, 2.45) is 0 Å². The summed E-state index contributed by atoms with van der Waals surface area (Å²) >= 11 is 1.84. The zero-order valence-corrected chi connectivity index (χ0v) is 11.7. The maximum Gasteiger partial charge on any atom is 0.147 e. The van der Waals surface area contributed by atoms with E-state index in [0.717, 1.165) is 11.4 Å². The van der Waals surface area contributed by atoms with Crippen LogP contribution in [0.2, 0.25) is 0 Å². The van der Waals surface area contributed by atoms with Crippen LogP contribution in [-0.2, 0) is 9.47 Å². The van der Waals surface area contributed by atoms with Crippen molar-refractivity contribution in [3.05, 3.63) is 24.4 Å². The molecule has 1 aromatic heterocycles. The summed E-state index contributed by atoms with van der Waals surface area (Å²) in [4.78, 5) is 4.38. The molecular formula is C14H21NO2S. The molecule has 2 atom stereocenters. The molecule has 18 heavy (non-hydrogen) atoms. The normalized spacial score (nSPS) is 24.1. The minimum atomic E-state index is 0.303. The first-order chi connectivity index (χ1) is 8.90. The van der Waals surface area contributed by atoms with Crippen LogP contribution in [0, 0.1) is 0 Å². The lowest BCUT2D eigenvalue weighted by molar-refractivity contribution is -0.0929. The first kappa shape index (κ1) is 13.8. The first-order valence-corrected chi connectivity index (χ1v) is 7.55. The van der Waals surface area contributed by atoms with Gasteiger partial charge in [-0.25, -0.2) is 4.98 Å². The van der Waals surface area contributed by atoms with E-state index in [2.05, 4.69) is 11.1 Å². The van der Waals surface area contributed by atoms with Gasteiger partial charge in [-0.15, -0.1) is 11.8 Å². The molecule has 0 aromatic carbocycles. The van der Waals surface area contributed by atoms with E-state index in [9.17, 15) is 0 Å². The molecule has 1 saturated carbocycles. The Hall–Kier alpha value is -0.580. The van der Waals surface area contributed by atoms with E-state index in [1.807, 2.05) is 37.0 Å². The van der Waals surface area contributed by atoms with Crippen molar-refractivity contribution in [3.8, 4) is 0 Å². The Labute approximate surface area is 113 Å². The van der Waals surface area contributed by atoms with Crippen LogP contribution in [0.5, 0.6) is 0 Å². The van der Waals surface area contributed by atoms with Crippen LogP contribution in [0.3, 0.4) is 0 Å². The Morgan fingerprint density at radius 2 is 2.22 bits per heavy atom. The Kier molecular flexibility index (Phi) is 5.97. The molecule has 0 bridgehead atoms. The highest BCUT2D eigenvalue weighted by atomic mass is 32.2. The number of nitrogens with zero attached hydrogens (tertiary/aromatic N) is 1. The highest BCUT2D eigenvalue weighted by Gasteiger charge is 2.27. The van der Waals surface area contributed by atoms with E-state index in [1.54, 1.807) is 0 Å². The summed E-state index contributed by atoms with van der Waals surface area (Å²) in [6.45, 7) is 3.12. The smallest absolute Gasteiger partial charge is 0.147 e. The molecule has 1 aliphatic rings. The highest BCUT2D eigenvalue weighted by Crippen LogP contribution is 2.34. The fourth-order valence-corrected chi connectivity index (χ4v) is 3.42. The SMILES string of the molecule is CCOCOC1CCCCC1Sc1ccccn1. The van der Waals surface area contributed by atoms with Crippen LogP contribution < -0.4 is 0 Å². The molecule has 1 fully saturated rings. The summed E-state index contributed by atoms with van der Waals surface area (Å²) in [5.41, 5.74) is 0. The van der Waals surface area contributed by atoms with E-state index in [-0.39, 0.29) is 0 Å². The monoisotopic (exact) mass is 267 g/mol. The molecule has 4 heteroatoms. The van der Waals surface area contributed by atoms with Gasteiger partial charge in [-0.1, -0.05) is 18.9 Å². The van der Waals surface area contributed by atoms with Crippen LogP contribution in [0.1, 0.15) is 32.6 Å². The van der Waals surface area contributed by atoms with Gasteiger partial charge in [-0.05, 0) is 31.9 Å². The summed E-state index contributed by atoms with van der Waals surface area (Å²) in [6.07, 6.45) is 7.05. The molecule has 1 heterocycles. The Morgan fingerprint density at radius 3 is 3.00 bits per heavy atom. The average Bonchev–Trinajstić information content (AvgIpc) is 2.42. The van der Waals surface area contributed by atoms with E-state index in [4.69, 9.17) is 9.47 Å². The predicted molar refractivity (Wildman–Crippen MR) is 73.7 cm³/mol. The zero-order chi connectivity index (χ0) is 12.6. The van der Waals surface area contributed by atoms with Gasteiger partial charge in [0.05, 0.1) is 11.1 Å². The minimum Gasteiger partial charge on any atom is -0.356 e. The van der Waals surface area contributed by atoms with Crippen molar-refractivity contribution in [2.75, 3.05) is 13.4 Å². The molecule has 2 rings (SSSR count). The second-order valence-corrected chi connectivity index (χ2v) is 5.68. The lowest BCUT2D eigenvalue weighted by Crippen LogP contribution is -2.31. The van der Waals surface area contributed by atoms with Gasteiger partial charge in [-0.2, -0.15) is 0 Å². The Balaban J connectivity index is 1.87. The average molecular weight is 267 g/mol. The van der Waals surface area contributed by atoms with Crippen LogP contribution in [0.15, 0.2) is 29.4 Å². The largest absolute Gasteiger partial charge is 0.356 e. The number of pyridine rings is 1. The maximum atomic E-state index is 5.84. The van der Waals surface area contributed by atoms with Crippen molar-refractivity contribution in [1.82, 2.24) is 4.98 Å². The van der Waals surface area contributed by atoms with Crippen LogP contribution in [-0.4, -0.2) is 29.7 Å². The predicted octanol–water partition coefficient (Wildman–Crippen LogP) is 3.50. The molecular weight excluding hydrogens is 246 g/mol. The van der Waals surface area contributed by atoms with Gasteiger partial charge < -0.3 is 9.47 Å². The van der Waals surface area contributed by atoms with Gasteiger partial charge in [-0.3, -0.25) is 0 Å². The van der Waals surface area contributed by atoms with Gasteiger partial charge in [0.25, 0.3) is 0 Å². The molecule has 0 aliphatic heterocycles. The third-order valence-corrected chi connectivity index (χ3v) is 4.45. The number of ether oxygens (including phenoxy) is 2. The molecule has 0 radical (unpaired) electrons. The van der Waals surface area contributed by atoms with Gasteiger partial charge in [0.2, 0.25) is 0 Å². The second-order valence-electron chi connectivity index (χ2n) is 4.42. The topological polar surface area (TPSA) is 31.4 Å². The van der Waals surface area contributed by atoms with Crippen molar-refractivity contribution in [3.63, 3.8) is 0 Å². The third-order valence-electron chi connectivity index (χ3n) is 3.12. The summed E-state index contributed by atoms with van der Waals surface area (Å²) < 4.78 is 11.1. The Bertz CT molecular complexity index is 334. The molecule has 1 aromatic rings. The molecule has 0 spiro atoms. The van der Waals surface area contributed by atoms with E-state index < -0.39 is 0 Å². The fourth-order valence-electron chi connectivity index (χ4n) is 2.18. The number of thioether (sulfide) groups is 1. The number of hydrogen-bond acceptors (Lipinski definition) is 4. The zero-order valence-electron chi connectivity index (χ0n) is 10.9. The van der Waals surface area contributed by atoms with Crippen molar-refractivity contribution < 1.29 is 9.47 Å². The lowest BCUT2D eigenvalue weighted by Gasteiger charge is -2.30. The quantitative estimate of drug-likeness (QED) is 0.583. The van der Waals surface area contributed by atoms with Crippen LogP contribution in [0.4, 0.5) is 0 Å². The number of aromatic nitrogens is 1. The highest BCUT2D eigenvalue weighted by molar-refractivity contribution is 7.99. The molecule has 100 valence electrons. The van der Waals surface area contributed by atoms with Crippen LogP contribution in [0.25, 0.3) is 0 Å². The maximum absolute atomic E-state index is 5.84. The van der Waals surface area contributed by atoms with Crippen molar-refractivity contribution in [2.45, 2.75) is 49.0 Å². The molecule has 3 nitrogen and oxygen atoms in total. The molecule has 1 aliphatic carbocycles. The number of rotatable bonds is 6. The first-order valence-electron chi connectivity index (χ1n) is 6.67. The van der Waals surface area contributed by atoms with Gasteiger partial charge in [0.15, 0.2) is 0 Å². The van der Waals surface area contributed by atoms with E-state index in [0.29, 0.717) is 24.8 Å². The number of hydrogen-bond donors (Lipinski definition) is 0. The van der Waals surface area contributed by atoms with Crippen molar-refractivity contribution in [1.29, 1.82) is 0 Å². The van der Waals surface area contributed by atoms with Gasteiger partial charge in [0.1, 0.15) is 6.79 Å². The summed E-state index contributed by atoms with van der Waals surface area (Å²) in [7, 11) is 0. The molecule has 0 amide bonds. The summed E-state index contributed by atoms with van der Waals surface area (Å²) in [5, 5.41) is 1.60.